The Labute approximate surface area is 198 Å². The van der Waals surface area contributed by atoms with E-state index in [2.05, 4.69) is 5.32 Å². The zero-order valence-corrected chi connectivity index (χ0v) is 19.5. The van der Waals surface area contributed by atoms with Crippen LogP contribution in [-0.2, 0) is 9.59 Å². The molecule has 0 radical (unpaired) electrons. The molecule has 182 valence electrons. The molecular formula is C25H30FN3O5. The molecule has 3 rings (SSSR count). The van der Waals surface area contributed by atoms with E-state index in [1.54, 1.807) is 30.0 Å². The van der Waals surface area contributed by atoms with Crippen molar-refractivity contribution in [2.45, 2.75) is 26.2 Å². The summed E-state index contributed by atoms with van der Waals surface area (Å²) in [6.07, 6.45) is 3.14. The van der Waals surface area contributed by atoms with Crippen molar-refractivity contribution < 1.29 is 28.2 Å². The molecule has 1 fully saturated rings. The maximum Gasteiger partial charge on any atom is 0.260 e. The van der Waals surface area contributed by atoms with Crippen LogP contribution in [0, 0.1) is 5.82 Å². The number of carbonyl (C=O) groups excluding carboxylic acids is 3. The molecule has 1 saturated heterocycles. The minimum Gasteiger partial charge on any atom is -0.490 e. The first-order chi connectivity index (χ1) is 16.4. The SMILES string of the molecule is CCOc1cc(C(=O)N(C)CC(=O)Nc2cccc(F)c2)ccc1OCC(=O)N1CCCCC1. The number of hydrogen-bond donors (Lipinski definition) is 1. The number of hydrogen-bond acceptors (Lipinski definition) is 5. The maximum atomic E-state index is 13.3. The van der Waals surface area contributed by atoms with Crippen molar-refractivity contribution in [3.63, 3.8) is 0 Å². The number of rotatable bonds is 9. The number of likely N-dealkylation sites (N-methyl/N-ethyl adjacent to an activating group) is 1. The average molecular weight is 472 g/mol. The van der Waals surface area contributed by atoms with Crippen LogP contribution >= 0.6 is 0 Å². The zero-order chi connectivity index (χ0) is 24.5. The number of nitrogens with one attached hydrogen (secondary N) is 1. The van der Waals surface area contributed by atoms with Crippen molar-refractivity contribution in [3.05, 3.63) is 53.8 Å². The van der Waals surface area contributed by atoms with Crippen LogP contribution in [0.1, 0.15) is 36.5 Å². The Hall–Kier alpha value is -3.62. The van der Waals surface area contributed by atoms with E-state index in [1.165, 1.54) is 36.2 Å². The largest absolute Gasteiger partial charge is 0.490 e. The number of nitrogens with zero attached hydrogens (tertiary/aromatic N) is 2. The highest BCUT2D eigenvalue weighted by molar-refractivity contribution is 5.99. The monoisotopic (exact) mass is 471 g/mol. The molecular weight excluding hydrogens is 441 g/mol. The van der Waals surface area contributed by atoms with Gasteiger partial charge in [-0.2, -0.15) is 0 Å². The third kappa shape index (κ3) is 6.94. The van der Waals surface area contributed by atoms with Crippen LogP contribution in [0.3, 0.4) is 0 Å². The van der Waals surface area contributed by atoms with E-state index in [1.807, 2.05) is 0 Å². The smallest absolute Gasteiger partial charge is 0.260 e. The number of halogens is 1. The summed E-state index contributed by atoms with van der Waals surface area (Å²) in [6, 6.07) is 10.2. The standard InChI is InChI=1S/C25H30FN3O5/c1-3-33-22-14-18(10-11-21(22)34-17-24(31)29-12-5-4-6-13-29)25(32)28(2)16-23(30)27-20-9-7-8-19(26)15-20/h7-11,14-15H,3-6,12-13,16-17H2,1-2H3,(H,27,30). The van der Waals surface area contributed by atoms with Gasteiger partial charge in [0.2, 0.25) is 5.91 Å². The predicted octanol–water partition coefficient (Wildman–Crippen LogP) is 3.33. The Morgan fingerprint density at radius 1 is 1.03 bits per heavy atom. The Kier molecular flexibility index (Phi) is 8.84. The van der Waals surface area contributed by atoms with Gasteiger partial charge < -0.3 is 24.6 Å². The van der Waals surface area contributed by atoms with Crippen LogP contribution in [0.15, 0.2) is 42.5 Å². The lowest BCUT2D eigenvalue weighted by Gasteiger charge is -2.26. The normalized spacial score (nSPS) is 13.2. The van der Waals surface area contributed by atoms with Gasteiger partial charge in [-0.15, -0.1) is 0 Å². The fourth-order valence-electron chi connectivity index (χ4n) is 3.68. The fraction of sp³-hybridized carbons (Fsp3) is 0.400. The summed E-state index contributed by atoms with van der Waals surface area (Å²) in [7, 11) is 1.50. The van der Waals surface area contributed by atoms with E-state index in [0.717, 1.165) is 32.4 Å². The summed E-state index contributed by atoms with van der Waals surface area (Å²) in [4.78, 5) is 40.6. The summed E-state index contributed by atoms with van der Waals surface area (Å²) < 4.78 is 24.6. The number of piperidine rings is 1. The second-order valence-electron chi connectivity index (χ2n) is 8.04. The van der Waals surface area contributed by atoms with Gasteiger partial charge in [-0.25, -0.2) is 4.39 Å². The van der Waals surface area contributed by atoms with Gasteiger partial charge >= 0.3 is 0 Å². The van der Waals surface area contributed by atoms with Crippen molar-refractivity contribution in [1.29, 1.82) is 0 Å². The third-order valence-corrected chi connectivity index (χ3v) is 5.39. The van der Waals surface area contributed by atoms with Crippen molar-refractivity contribution in [1.82, 2.24) is 9.80 Å². The van der Waals surface area contributed by atoms with Gasteiger partial charge in [-0.05, 0) is 62.6 Å². The van der Waals surface area contributed by atoms with E-state index < -0.39 is 17.6 Å². The summed E-state index contributed by atoms with van der Waals surface area (Å²) in [5.41, 5.74) is 0.615. The topological polar surface area (TPSA) is 88.2 Å². The van der Waals surface area contributed by atoms with Crippen LogP contribution in [-0.4, -0.2) is 67.4 Å². The lowest BCUT2D eigenvalue weighted by atomic mass is 10.1. The van der Waals surface area contributed by atoms with E-state index in [0.29, 0.717) is 29.4 Å². The number of amides is 3. The van der Waals surface area contributed by atoms with Crippen molar-refractivity contribution in [2.24, 2.45) is 0 Å². The van der Waals surface area contributed by atoms with Crippen molar-refractivity contribution >= 4 is 23.4 Å². The molecule has 0 spiro atoms. The van der Waals surface area contributed by atoms with Gasteiger partial charge in [0.25, 0.3) is 11.8 Å². The number of likely N-dealkylation sites (tertiary alicyclic amines) is 1. The molecule has 0 bridgehead atoms. The van der Waals surface area contributed by atoms with Crippen molar-refractivity contribution in [3.8, 4) is 11.5 Å². The van der Waals surface area contributed by atoms with Gasteiger partial charge in [0.1, 0.15) is 5.82 Å². The van der Waals surface area contributed by atoms with E-state index in [-0.39, 0.29) is 19.1 Å². The number of carbonyl (C=O) groups is 3. The van der Waals surface area contributed by atoms with E-state index in [9.17, 15) is 18.8 Å². The van der Waals surface area contributed by atoms with Crippen LogP contribution in [0.2, 0.25) is 0 Å². The van der Waals surface area contributed by atoms with Gasteiger partial charge in [0.15, 0.2) is 18.1 Å². The van der Waals surface area contributed by atoms with Crippen molar-refractivity contribution in [2.75, 3.05) is 45.2 Å². The Balaban J connectivity index is 1.61. The Bertz CT molecular complexity index is 1020. The minimum atomic E-state index is -0.467. The molecule has 0 saturated carbocycles. The highest BCUT2D eigenvalue weighted by Crippen LogP contribution is 2.29. The highest BCUT2D eigenvalue weighted by atomic mass is 19.1. The molecule has 1 aliphatic rings. The summed E-state index contributed by atoms with van der Waals surface area (Å²) in [6.45, 7) is 3.32. The van der Waals surface area contributed by atoms with E-state index >= 15 is 0 Å². The Morgan fingerprint density at radius 3 is 2.50 bits per heavy atom. The van der Waals surface area contributed by atoms with Crippen LogP contribution < -0.4 is 14.8 Å². The highest BCUT2D eigenvalue weighted by Gasteiger charge is 2.20. The summed E-state index contributed by atoms with van der Waals surface area (Å²) >= 11 is 0. The molecule has 0 aliphatic carbocycles. The second kappa shape index (κ2) is 12.0. The van der Waals surface area contributed by atoms with Gasteiger partial charge in [-0.1, -0.05) is 6.07 Å². The van der Waals surface area contributed by atoms with E-state index in [4.69, 9.17) is 9.47 Å². The van der Waals surface area contributed by atoms with Gasteiger partial charge in [0.05, 0.1) is 13.2 Å². The summed E-state index contributed by atoms with van der Waals surface area (Å²) in [5, 5.41) is 2.56. The number of ether oxygens (including phenoxy) is 2. The molecule has 34 heavy (non-hydrogen) atoms. The lowest BCUT2D eigenvalue weighted by molar-refractivity contribution is -0.134. The van der Waals surface area contributed by atoms with Crippen LogP contribution in [0.25, 0.3) is 0 Å². The lowest BCUT2D eigenvalue weighted by Crippen LogP contribution is -2.38. The molecule has 2 aromatic rings. The third-order valence-electron chi connectivity index (χ3n) is 5.39. The maximum absolute atomic E-state index is 13.3. The molecule has 0 unspecified atom stereocenters. The molecule has 1 N–H and O–H groups in total. The Morgan fingerprint density at radius 2 is 1.79 bits per heavy atom. The molecule has 8 nitrogen and oxygen atoms in total. The molecule has 1 heterocycles. The molecule has 0 atom stereocenters. The first kappa shape index (κ1) is 25.0. The number of anilines is 1. The first-order valence-electron chi connectivity index (χ1n) is 11.4. The first-order valence-corrected chi connectivity index (χ1v) is 11.4. The number of benzene rings is 2. The predicted molar refractivity (Wildman–Crippen MR) is 126 cm³/mol. The summed E-state index contributed by atoms with van der Waals surface area (Å²) in [5.74, 6) is -0.682. The fourth-order valence-corrected chi connectivity index (χ4v) is 3.68. The average Bonchev–Trinajstić information content (AvgIpc) is 2.83. The van der Waals surface area contributed by atoms with Crippen LogP contribution in [0.5, 0.6) is 11.5 Å². The van der Waals surface area contributed by atoms with Crippen LogP contribution in [0.4, 0.5) is 10.1 Å². The quantitative estimate of drug-likeness (QED) is 0.606. The second-order valence-corrected chi connectivity index (χ2v) is 8.04. The molecule has 2 aromatic carbocycles. The van der Waals surface area contributed by atoms with Gasteiger partial charge in [0, 0.05) is 31.4 Å². The van der Waals surface area contributed by atoms with Gasteiger partial charge in [-0.3, -0.25) is 14.4 Å². The molecule has 3 amide bonds. The zero-order valence-electron chi connectivity index (χ0n) is 19.5. The molecule has 9 heteroatoms. The minimum absolute atomic E-state index is 0.0775. The molecule has 1 aliphatic heterocycles. The molecule has 0 aromatic heterocycles.